The van der Waals surface area contributed by atoms with Gasteiger partial charge in [0.25, 0.3) is 11.8 Å². The summed E-state index contributed by atoms with van der Waals surface area (Å²) in [4.78, 5) is 29.4. The molecule has 0 atom stereocenters. The highest BCUT2D eigenvalue weighted by atomic mass is 79.9. The van der Waals surface area contributed by atoms with Gasteiger partial charge >= 0.3 is 0 Å². The second-order valence-electron chi connectivity index (χ2n) is 4.40. The Bertz CT molecular complexity index is 846. The molecule has 1 aromatic carbocycles. The molecule has 0 saturated carbocycles. The van der Waals surface area contributed by atoms with Crippen molar-refractivity contribution in [1.82, 2.24) is 15.8 Å². The van der Waals surface area contributed by atoms with E-state index in [4.69, 9.17) is 0 Å². The Balaban J connectivity index is 1.64. The van der Waals surface area contributed by atoms with Gasteiger partial charge in [-0.1, -0.05) is 18.2 Å². The highest BCUT2D eigenvalue weighted by molar-refractivity contribution is 9.10. The van der Waals surface area contributed by atoms with Crippen LogP contribution in [0.15, 0.2) is 51.6 Å². The fourth-order valence-corrected chi connectivity index (χ4v) is 3.86. The molecule has 8 heteroatoms. The standard InChI is InChI=1S/C15H10BrN3O2S2/c16-10-5-2-1-4-9(10)13(20)18-19-14(21)11-8-23-15(17-11)12-6-3-7-22-12/h1-8H,(H,18,20)(H,19,21). The monoisotopic (exact) mass is 407 g/mol. The van der Waals surface area contributed by atoms with Crippen LogP contribution < -0.4 is 10.9 Å². The van der Waals surface area contributed by atoms with Crippen LogP contribution >= 0.6 is 38.6 Å². The van der Waals surface area contributed by atoms with Crippen LogP contribution in [0.1, 0.15) is 20.8 Å². The van der Waals surface area contributed by atoms with E-state index in [1.165, 1.54) is 11.3 Å². The minimum absolute atomic E-state index is 0.269. The number of rotatable bonds is 3. The van der Waals surface area contributed by atoms with Crippen molar-refractivity contribution in [2.45, 2.75) is 0 Å². The van der Waals surface area contributed by atoms with Gasteiger partial charge in [0.1, 0.15) is 10.7 Å². The van der Waals surface area contributed by atoms with Crippen LogP contribution in [0.5, 0.6) is 0 Å². The quantitative estimate of drug-likeness (QED) is 0.650. The molecular formula is C15H10BrN3O2S2. The first-order valence-electron chi connectivity index (χ1n) is 6.50. The first kappa shape index (κ1) is 15.9. The molecule has 0 aliphatic rings. The van der Waals surface area contributed by atoms with Gasteiger partial charge in [-0.3, -0.25) is 20.4 Å². The molecule has 0 bridgehead atoms. The van der Waals surface area contributed by atoms with Crippen LogP contribution in [0.2, 0.25) is 0 Å². The third kappa shape index (κ3) is 3.66. The molecule has 0 spiro atoms. The van der Waals surface area contributed by atoms with Crippen LogP contribution in [0, 0.1) is 0 Å². The van der Waals surface area contributed by atoms with Gasteiger partial charge in [-0.25, -0.2) is 4.98 Å². The molecule has 116 valence electrons. The van der Waals surface area contributed by atoms with Gasteiger partial charge in [0.05, 0.1) is 10.4 Å². The molecule has 0 fully saturated rings. The number of thiazole rings is 1. The van der Waals surface area contributed by atoms with Crippen molar-refractivity contribution in [3.8, 4) is 9.88 Å². The zero-order valence-corrected chi connectivity index (χ0v) is 14.8. The predicted molar refractivity (Wildman–Crippen MR) is 94.5 cm³/mol. The number of benzene rings is 1. The lowest BCUT2D eigenvalue weighted by Gasteiger charge is -2.07. The van der Waals surface area contributed by atoms with Crippen molar-refractivity contribution < 1.29 is 9.59 Å². The van der Waals surface area contributed by atoms with E-state index >= 15 is 0 Å². The number of nitrogens with one attached hydrogen (secondary N) is 2. The van der Waals surface area contributed by atoms with E-state index < -0.39 is 11.8 Å². The summed E-state index contributed by atoms with van der Waals surface area (Å²) in [6.07, 6.45) is 0. The molecule has 0 saturated heterocycles. The molecular weight excluding hydrogens is 398 g/mol. The van der Waals surface area contributed by atoms with E-state index in [0.29, 0.717) is 10.0 Å². The van der Waals surface area contributed by atoms with E-state index in [1.54, 1.807) is 41.0 Å². The average molecular weight is 408 g/mol. The molecule has 23 heavy (non-hydrogen) atoms. The fourth-order valence-electron chi connectivity index (χ4n) is 1.78. The summed E-state index contributed by atoms with van der Waals surface area (Å²) in [5.74, 6) is -0.857. The zero-order valence-electron chi connectivity index (χ0n) is 11.6. The first-order valence-corrected chi connectivity index (χ1v) is 9.05. The molecule has 3 rings (SSSR count). The number of carbonyl (C=O) groups excluding carboxylic acids is 2. The van der Waals surface area contributed by atoms with Gasteiger partial charge in [-0.2, -0.15) is 0 Å². The van der Waals surface area contributed by atoms with Gasteiger partial charge in [-0.05, 0) is 39.5 Å². The van der Waals surface area contributed by atoms with Crippen molar-refractivity contribution in [3.05, 3.63) is 62.9 Å². The number of amides is 2. The summed E-state index contributed by atoms with van der Waals surface area (Å²) in [6, 6.07) is 10.8. The maximum Gasteiger partial charge on any atom is 0.289 e. The van der Waals surface area contributed by atoms with Crippen molar-refractivity contribution >= 4 is 50.4 Å². The molecule has 0 radical (unpaired) electrons. The van der Waals surface area contributed by atoms with E-state index in [1.807, 2.05) is 17.5 Å². The summed E-state index contributed by atoms with van der Waals surface area (Å²) in [5, 5.41) is 4.39. The number of halogens is 1. The summed E-state index contributed by atoms with van der Waals surface area (Å²) in [5.41, 5.74) is 5.46. The number of hydrazine groups is 1. The van der Waals surface area contributed by atoms with Gasteiger partial charge in [0.2, 0.25) is 0 Å². The van der Waals surface area contributed by atoms with Crippen LogP contribution in [-0.4, -0.2) is 16.8 Å². The fraction of sp³-hybridized carbons (Fsp3) is 0. The van der Waals surface area contributed by atoms with Gasteiger partial charge < -0.3 is 0 Å². The van der Waals surface area contributed by atoms with E-state index in [0.717, 1.165) is 9.88 Å². The second-order valence-corrected chi connectivity index (χ2v) is 7.06. The summed E-state index contributed by atoms with van der Waals surface area (Å²) < 4.78 is 0.653. The molecule has 5 nitrogen and oxygen atoms in total. The van der Waals surface area contributed by atoms with Crippen molar-refractivity contribution in [1.29, 1.82) is 0 Å². The van der Waals surface area contributed by atoms with Crippen molar-refractivity contribution in [2.75, 3.05) is 0 Å². The van der Waals surface area contributed by atoms with E-state index in [2.05, 4.69) is 31.8 Å². The SMILES string of the molecule is O=C(NNC(=O)c1ccccc1Br)c1csc(-c2cccs2)n1. The Labute approximate surface area is 148 Å². The minimum Gasteiger partial charge on any atom is -0.267 e. The topological polar surface area (TPSA) is 71.1 Å². The summed E-state index contributed by atoms with van der Waals surface area (Å²) >= 11 is 6.24. The number of hydrogen-bond acceptors (Lipinski definition) is 5. The Hall–Kier alpha value is -2.03. The van der Waals surface area contributed by atoms with Crippen LogP contribution in [0.4, 0.5) is 0 Å². The molecule has 2 aromatic heterocycles. The largest absolute Gasteiger partial charge is 0.289 e. The van der Waals surface area contributed by atoms with Crippen molar-refractivity contribution in [2.24, 2.45) is 0 Å². The van der Waals surface area contributed by atoms with Crippen LogP contribution in [0.25, 0.3) is 9.88 Å². The normalized spacial score (nSPS) is 10.3. The third-order valence-corrected chi connectivity index (χ3v) is 5.45. The maximum atomic E-state index is 12.1. The number of aromatic nitrogens is 1. The Morgan fingerprint density at radius 3 is 2.52 bits per heavy atom. The number of thiophene rings is 1. The second kappa shape index (κ2) is 7.03. The molecule has 0 aliphatic carbocycles. The number of carbonyl (C=O) groups is 2. The summed E-state index contributed by atoms with van der Waals surface area (Å²) in [6.45, 7) is 0. The lowest BCUT2D eigenvalue weighted by atomic mass is 10.2. The summed E-state index contributed by atoms with van der Waals surface area (Å²) in [7, 11) is 0. The Morgan fingerprint density at radius 2 is 1.78 bits per heavy atom. The molecule has 0 unspecified atom stereocenters. The molecule has 0 aliphatic heterocycles. The molecule has 2 N–H and O–H groups in total. The van der Waals surface area contributed by atoms with Crippen LogP contribution in [-0.2, 0) is 0 Å². The van der Waals surface area contributed by atoms with Gasteiger partial charge in [0, 0.05) is 9.85 Å². The smallest absolute Gasteiger partial charge is 0.267 e. The Morgan fingerprint density at radius 1 is 1.00 bits per heavy atom. The Kier molecular flexibility index (Phi) is 4.85. The minimum atomic E-state index is -0.454. The lowest BCUT2D eigenvalue weighted by Crippen LogP contribution is -2.41. The lowest BCUT2D eigenvalue weighted by molar-refractivity contribution is 0.0844. The predicted octanol–water partition coefficient (Wildman–Crippen LogP) is 3.71. The third-order valence-electron chi connectivity index (χ3n) is 2.88. The first-order chi connectivity index (χ1) is 11.1. The van der Waals surface area contributed by atoms with E-state index in [-0.39, 0.29) is 5.69 Å². The highest BCUT2D eigenvalue weighted by Crippen LogP contribution is 2.27. The average Bonchev–Trinajstić information content (AvgIpc) is 3.23. The van der Waals surface area contributed by atoms with Crippen molar-refractivity contribution in [3.63, 3.8) is 0 Å². The molecule has 3 aromatic rings. The molecule has 2 heterocycles. The maximum absolute atomic E-state index is 12.1. The van der Waals surface area contributed by atoms with Gasteiger partial charge in [-0.15, -0.1) is 22.7 Å². The molecule has 2 amide bonds. The zero-order chi connectivity index (χ0) is 16.2. The van der Waals surface area contributed by atoms with Gasteiger partial charge in [0.15, 0.2) is 0 Å². The highest BCUT2D eigenvalue weighted by Gasteiger charge is 2.14. The number of nitrogens with zero attached hydrogens (tertiary/aromatic N) is 1. The van der Waals surface area contributed by atoms with E-state index in [9.17, 15) is 9.59 Å². The number of hydrogen-bond donors (Lipinski definition) is 2. The van der Waals surface area contributed by atoms with Crippen LogP contribution in [0.3, 0.4) is 0 Å².